The predicted molar refractivity (Wildman–Crippen MR) is 81.7 cm³/mol. The van der Waals surface area contributed by atoms with E-state index < -0.39 is 0 Å². The topological polar surface area (TPSA) is 22.1 Å². The first-order valence-electron chi connectivity index (χ1n) is 7.88. The molecule has 1 aromatic heterocycles. The second kappa shape index (κ2) is 10.8. The van der Waals surface area contributed by atoms with Gasteiger partial charge < -0.3 is 4.74 Å². The monoisotopic (exact) mass is 263 g/mol. The zero-order chi connectivity index (χ0) is 13.8. The smallest absolute Gasteiger partial charge is 0.137 e. The lowest BCUT2D eigenvalue weighted by atomic mass is 10.1. The first-order chi connectivity index (χ1) is 9.33. The molecule has 19 heavy (non-hydrogen) atoms. The van der Waals surface area contributed by atoms with Gasteiger partial charge in [0, 0.05) is 5.69 Å². The Kier molecular flexibility index (Phi) is 9.13. The maximum Gasteiger partial charge on any atom is 0.137 e. The molecule has 0 fully saturated rings. The number of unbranched alkanes of at least 4 members (excludes halogenated alkanes) is 8. The van der Waals surface area contributed by atoms with Crippen LogP contribution < -0.4 is 4.74 Å². The van der Waals surface area contributed by atoms with Crippen molar-refractivity contribution in [1.29, 1.82) is 0 Å². The van der Waals surface area contributed by atoms with Gasteiger partial charge in [0.2, 0.25) is 0 Å². The summed E-state index contributed by atoms with van der Waals surface area (Å²) in [6, 6.07) is 3.99. The lowest BCUT2D eigenvalue weighted by Crippen LogP contribution is -1.97. The average molecular weight is 263 g/mol. The Morgan fingerprint density at radius 3 is 2.11 bits per heavy atom. The molecule has 0 unspecified atom stereocenters. The van der Waals surface area contributed by atoms with Gasteiger partial charge in [-0.3, -0.25) is 4.98 Å². The van der Waals surface area contributed by atoms with Crippen molar-refractivity contribution in [3.63, 3.8) is 0 Å². The third-order valence-corrected chi connectivity index (χ3v) is 3.40. The second-order valence-electron chi connectivity index (χ2n) is 5.31. The zero-order valence-electron chi connectivity index (χ0n) is 12.7. The van der Waals surface area contributed by atoms with E-state index in [9.17, 15) is 0 Å². The Bertz CT molecular complexity index is 308. The maximum atomic E-state index is 5.66. The van der Waals surface area contributed by atoms with Crippen LogP contribution in [0.1, 0.15) is 70.4 Å². The van der Waals surface area contributed by atoms with E-state index in [1.54, 1.807) is 0 Å². The lowest BCUT2D eigenvalue weighted by Gasteiger charge is -2.06. The molecule has 0 radical (unpaired) electrons. The van der Waals surface area contributed by atoms with Crippen molar-refractivity contribution < 1.29 is 4.74 Å². The van der Waals surface area contributed by atoms with Crippen LogP contribution in [-0.4, -0.2) is 11.6 Å². The van der Waals surface area contributed by atoms with E-state index in [0.29, 0.717) is 0 Å². The van der Waals surface area contributed by atoms with Gasteiger partial charge >= 0.3 is 0 Å². The Morgan fingerprint density at radius 2 is 1.53 bits per heavy atom. The summed E-state index contributed by atoms with van der Waals surface area (Å²) in [7, 11) is 0. The maximum absolute atomic E-state index is 5.66. The summed E-state index contributed by atoms with van der Waals surface area (Å²) in [5.41, 5.74) is 1.04. The molecule has 0 aromatic carbocycles. The fourth-order valence-corrected chi connectivity index (χ4v) is 2.14. The molecule has 0 aliphatic rings. The molecule has 2 heteroatoms. The van der Waals surface area contributed by atoms with Gasteiger partial charge in [-0.05, 0) is 25.5 Å². The fourth-order valence-electron chi connectivity index (χ4n) is 2.14. The molecule has 0 spiro atoms. The van der Waals surface area contributed by atoms with Crippen LogP contribution in [0, 0.1) is 6.92 Å². The minimum Gasteiger partial charge on any atom is -0.492 e. The Morgan fingerprint density at radius 1 is 0.895 bits per heavy atom. The van der Waals surface area contributed by atoms with Crippen molar-refractivity contribution in [2.75, 3.05) is 6.61 Å². The first kappa shape index (κ1) is 16.0. The molecule has 1 heterocycles. The minimum absolute atomic E-state index is 0.820. The number of aromatic nitrogens is 1. The third-order valence-electron chi connectivity index (χ3n) is 3.40. The molecule has 0 bridgehead atoms. The van der Waals surface area contributed by atoms with Crippen molar-refractivity contribution in [3.8, 4) is 5.75 Å². The van der Waals surface area contributed by atoms with Gasteiger partial charge in [0.15, 0.2) is 0 Å². The number of ether oxygens (including phenoxy) is 1. The molecule has 1 rings (SSSR count). The van der Waals surface area contributed by atoms with Gasteiger partial charge in [-0.15, -0.1) is 0 Å². The van der Waals surface area contributed by atoms with Gasteiger partial charge in [0.25, 0.3) is 0 Å². The van der Waals surface area contributed by atoms with Gasteiger partial charge in [0.1, 0.15) is 5.75 Å². The van der Waals surface area contributed by atoms with Crippen molar-refractivity contribution in [2.24, 2.45) is 0 Å². The number of pyridine rings is 1. The Labute approximate surface area is 118 Å². The first-order valence-corrected chi connectivity index (χ1v) is 7.88. The number of aryl methyl sites for hydroxylation is 1. The highest BCUT2D eigenvalue weighted by atomic mass is 16.5. The summed E-state index contributed by atoms with van der Waals surface area (Å²) >= 11 is 0. The predicted octanol–water partition coefficient (Wildman–Crippen LogP) is 5.30. The number of hydrogen-bond donors (Lipinski definition) is 0. The molecule has 2 nitrogen and oxygen atoms in total. The summed E-state index contributed by atoms with van der Waals surface area (Å²) in [6.07, 6.45) is 14.0. The van der Waals surface area contributed by atoms with Crippen LogP contribution in [-0.2, 0) is 0 Å². The van der Waals surface area contributed by atoms with Crippen LogP contribution >= 0.6 is 0 Å². The molecule has 0 saturated heterocycles. The summed E-state index contributed by atoms with van der Waals surface area (Å²) < 4.78 is 5.66. The summed E-state index contributed by atoms with van der Waals surface area (Å²) in [5.74, 6) is 0.894. The molecular weight excluding hydrogens is 234 g/mol. The van der Waals surface area contributed by atoms with Crippen LogP contribution in [0.25, 0.3) is 0 Å². The van der Waals surface area contributed by atoms with E-state index in [4.69, 9.17) is 4.74 Å². The van der Waals surface area contributed by atoms with E-state index in [1.165, 1.54) is 51.4 Å². The molecule has 1 aromatic rings. The minimum atomic E-state index is 0.820. The van der Waals surface area contributed by atoms with Gasteiger partial charge in [-0.1, -0.05) is 58.3 Å². The fraction of sp³-hybridized carbons (Fsp3) is 0.706. The molecule has 0 aliphatic carbocycles. The standard InChI is InChI=1S/C17H29NO/c1-3-4-5-6-7-8-9-10-11-14-19-17-13-12-16(2)18-15-17/h12-13,15H,3-11,14H2,1-2H3. The lowest BCUT2D eigenvalue weighted by molar-refractivity contribution is 0.303. The molecule has 0 amide bonds. The molecule has 0 atom stereocenters. The Balaban J connectivity index is 1.87. The van der Waals surface area contributed by atoms with E-state index in [0.717, 1.165) is 24.5 Å². The van der Waals surface area contributed by atoms with E-state index in [2.05, 4.69) is 11.9 Å². The van der Waals surface area contributed by atoms with Crippen molar-refractivity contribution in [2.45, 2.75) is 71.6 Å². The van der Waals surface area contributed by atoms with E-state index in [-0.39, 0.29) is 0 Å². The molecule has 0 saturated carbocycles. The number of nitrogens with zero attached hydrogens (tertiary/aromatic N) is 1. The SMILES string of the molecule is CCCCCCCCCCCOc1ccc(C)nc1. The summed E-state index contributed by atoms with van der Waals surface area (Å²) in [4.78, 5) is 4.22. The van der Waals surface area contributed by atoms with Gasteiger partial charge in [0.05, 0.1) is 12.8 Å². The molecule has 0 aliphatic heterocycles. The van der Waals surface area contributed by atoms with Crippen molar-refractivity contribution in [3.05, 3.63) is 24.0 Å². The van der Waals surface area contributed by atoms with Crippen LogP contribution in [0.2, 0.25) is 0 Å². The van der Waals surface area contributed by atoms with Crippen molar-refractivity contribution >= 4 is 0 Å². The van der Waals surface area contributed by atoms with Crippen molar-refractivity contribution in [1.82, 2.24) is 4.98 Å². The van der Waals surface area contributed by atoms with Crippen LogP contribution in [0.3, 0.4) is 0 Å². The zero-order valence-corrected chi connectivity index (χ0v) is 12.7. The quantitative estimate of drug-likeness (QED) is 0.505. The third kappa shape index (κ3) is 8.63. The van der Waals surface area contributed by atoms with Gasteiger partial charge in [-0.25, -0.2) is 0 Å². The molecule has 0 N–H and O–H groups in total. The highest BCUT2D eigenvalue weighted by Gasteiger charge is 1.95. The summed E-state index contributed by atoms with van der Waals surface area (Å²) in [5, 5.41) is 0. The van der Waals surface area contributed by atoms with Crippen LogP contribution in [0.4, 0.5) is 0 Å². The Hall–Kier alpha value is -1.05. The van der Waals surface area contributed by atoms with E-state index >= 15 is 0 Å². The van der Waals surface area contributed by atoms with Crippen LogP contribution in [0.15, 0.2) is 18.3 Å². The average Bonchev–Trinajstić information content (AvgIpc) is 2.43. The normalized spacial score (nSPS) is 10.6. The van der Waals surface area contributed by atoms with E-state index in [1.807, 2.05) is 25.3 Å². The molecular formula is C17H29NO. The molecule has 108 valence electrons. The number of hydrogen-bond acceptors (Lipinski definition) is 2. The summed E-state index contributed by atoms with van der Waals surface area (Å²) in [6.45, 7) is 5.08. The highest BCUT2D eigenvalue weighted by Crippen LogP contribution is 2.11. The second-order valence-corrected chi connectivity index (χ2v) is 5.31. The van der Waals surface area contributed by atoms with Gasteiger partial charge in [-0.2, -0.15) is 0 Å². The highest BCUT2D eigenvalue weighted by molar-refractivity contribution is 5.18. The largest absolute Gasteiger partial charge is 0.492 e. The number of rotatable bonds is 11. The van der Waals surface area contributed by atoms with Crippen LogP contribution in [0.5, 0.6) is 5.75 Å².